The minimum atomic E-state index is 0.0720. The Kier molecular flexibility index (Phi) is 6.67. The molecule has 1 aliphatic heterocycles. The van der Waals surface area contributed by atoms with Crippen LogP contribution in [0.4, 0.5) is 0 Å². The third kappa shape index (κ3) is 4.83. The second-order valence-electron chi connectivity index (χ2n) is 7.90. The van der Waals surface area contributed by atoms with Gasteiger partial charge in [-0.25, -0.2) is 0 Å². The second kappa shape index (κ2) is 9.42. The van der Waals surface area contributed by atoms with Gasteiger partial charge in [-0.15, -0.1) is 0 Å². The van der Waals surface area contributed by atoms with Crippen LogP contribution < -0.4 is 4.74 Å². The van der Waals surface area contributed by atoms with Crippen molar-refractivity contribution in [2.45, 2.75) is 38.8 Å². The SMILES string of the molecule is CC(=O)c1cn(CCCN2CCC(Oc3cccc(Cl)c3)CC2)c2c(Cl)cccc12. The maximum atomic E-state index is 12.0. The number of hydrogen-bond acceptors (Lipinski definition) is 3. The average Bonchev–Trinajstić information content (AvgIpc) is 3.10. The number of carbonyl (C=O) groups is 1. The molecule has 0 aliphatic carbocycles. The van der Waals surface area contributed by atoms with Crippen LogP contribution in [-0.2, 0) is 6.54 Å². The van der Waals surface area contributed by atoms with Gasteiger partial charge in [0.15, 0.2) is 5.78 Å². The summed E-state index contributed by atoms with van der Waals surface area (Å²) in [6, 6.07) is 13.4. The normalized spacial score (nSPS) is 15.6. The summed E-state index contributed by atoms with van der Waals surface area (Å²) in [5.41, 5.74) is 1.70. The van der Waals surface area contributed by atoms with Crippen molar-refractivity contribution in [2.24, 2.45) is 0 Å². The largest absolute Gasteiger partial charge is 0.490 e. The van der Waals surface area contributed by atoms with Gasteiger partial charge in [-0.2, -0.15) is 0 Å². The molecule has 0 atom stereocenters. The number of carbonyl (C=O) groups excluding carboxylic acids is 1. The van der Waals surface area contributed by atoms with Gasteiger partial charge in [0.25, 0.3) is 0 Å². The number of ketones is 1. The summed E-state index contributed by atoms with van der Waals surface area (Å²) < 4.78 is 8.21. The van der Waals surface area contributed by atoms with Crippen LogP contribution in [0.3, 0.4) is 0 Å². The molecule has 0 saturated carbocycles. The van der Waals surface area contributed by atoms with Crippen LogP contribution in [0, 0.1) is 0 Å². The van der Waals surface area contributed by atoms with Gasteiger partial charge < -0.3 is 14.2 Å². The van der Waals surface area contributed by atoms with E-state index in [-0.39, 0.29) is 11.9 Å². The topological polar surface area (TPSA) is 34.5 Å². The molecule has 6 heteroatoms. The number of nitrogens with zero attached hydrogens (tertiary/aromatic N) is 2. The average molecular weight is 445 g/mol. The Morgan fingerprint density at radius 3 is 2.60 bits per heavy atom. The molecule has 4 nitrogen and oxygen atoms in total. The second-order valence-corrected chi connectivity index (χ2v) is 8.74. The van der Waals surface area contributed by atoms with Crippen LogP contribution in [0.25, 0.3) is 10.9 Å². The number of piperidine rings is 1. The highest BCUT2D eigenvalue weighted by molar-refractivity contribution is 6.35. The molecule has 2 aromatic carbocycles. The summed E-state index contributed by atoms with van der Waals surface area (Å²) in [5, 5.41) is 2.34. The Hall–Kier alpha value is -2.01. The van der Waals surface area contributed by atoms with Gasteiger partial charge >= 0.3 is 0 Å². The van der Waals surface area contributed by atoms with Crippen molar-refractivity contribution in [2.75, 3.05) is 19.6 Å². The summed E-state index contributed by atoms with van der Waals surface area (Å²) in [4.78, 5) is 14.5. The first-order chi connectivity index (χ1) is 14.5. The molecule has 30 heavy (non-hydrogen) atoms. The summed E-state index contributed by atoms with van der Waals surface area (Å²) in [5.74, 6) is 0.918. The van der Waals surface area contributed by atoms with E-state index in [1.807, 2.05) is 48.7 Å². The van der Waals surface area contributed by atoms with E-state index in [2.05, 4.69) is 9.47 Å². The lowest BCUT2D eigenvalue weighted by molar-refractivity contribution is 0.0993. The summed E-state index contributed by atoms with van der Waals surface area (Å²) >= 11 is 12.5. The Labute approximate surface area is 187 Å². The van der Waals surface area contributed by atoms with Crippen LogP contribution in [0.5, 0.6) is 5.75 Å². The number of aryl methyl sites for hydroxylation is 1. The van der Waals surface area contributed by atoms with Crippen molar-refractivity contribution in [1.29, 1.82) is 0 Å². The van der Waals surface area contributed by atoms with E-state index in [0.717, 1.165) is 67.7 Å². The molecule has 1 saturated heterocycles. The highest BCUT2D eigenvalue weighted by atomic mass is 35.5. The van der Waals surface area contributed by atoms with Crippen LogP contribution in [0.1, 0.15) is 36.5 Å². The quantitative estimate of drug-likeness (QED) is 0.413. The molecule has 0 N–H and O–H groups in total. The van der Waals surface area contributed by atoms with Crippen LogP contribution in [0.15, 0.2) is 48.7 Å². The van der Waals surface area contributed by atoms with Gasteiger partial charge in [-0.1, -0.05) is 41.4 Å². The number of para-hydroxylation sites is 1. The lowest BCUT2D eigenvalue weighted by atomic mass is 10.1. The van der Waals surface area contributed by atoms with E-state index in [1.54, 1.807) is 6.92 Å². The fourth-order valence-electron chi connectivity index (χ4n) is 4.22. The first-order valence-electron chi connectivity index (χ1n) is 10.4. The first-order valence-corrected chi connectivity index (χ1v) is 11.2. The predicted octanol–water partition coefficient (Wildman–Crippen LogP) is 6.08. The molecular weight excluding hydrogens is 419 g/mol. The van der Waals surface area contributed by atoms with Gasteiger partial charge in [0.05, 0.1) is 10.5 Å². The van der Waals surface area contributed by atoms with Crippen molar-refractivity contribution >= 4 is 39.9 Å². The Morgan fingerprint density at radius 1 is 1.10 bits per heavy atom. The van der Waals surface area contributed by atoms with E-state index in [4.69, 9.17) is 27.9 Å². The van der Waals surface area contributed by atoms with Gasteiger partial charge in [0, 0.05) is 41.8 Å². The van der Waals surface area contributed by atoms with E-state index < -0.39 is 0 Å². The van der Waals surface area contributed by atoms with Gasteiger partial charge in [-0.05, 0) is 57.0 Å². The maximum Gasteiger partial charge on any atom is 0.161 e. The number of Topliss-reactive ketones (excluding diaryl/α,β-unsaturated/α-hetero) is 1. The zero-order valence-corrected chi connectivity index (χ0v) is 18.6. The maximum absolute atomic E-state index is 12.0. The molecule has 1 aromatic heterocycles. The number of rotatable bonds is 7. The third-order valence-electron chi connectivity index (χ3n) is 5.74. The Balaban J connectivity index is 1.30. The van der Waals surface area contributed by atoms with E-state index in [1.165, 1.54) is 0 Å². The fraction of sp³-hybridized carbons (Fsp3) is 0.375. The van der Waals surface area contributed by atoms with Crippen molar-refractivity contribution < 1.29 is 9.53 Å². The molecule has 3 aromatic rings. The van der Waals surface area contributed by atoms with Crippen molar-refractivity contribution in [3.8, 4) is 5.75 Å². The van der Waals surface area contributed by atoms with Gasteiger partial charge in [0.1, 0.15) is 11.9 Å². The van der Waals surface area contributed by atoms with Crippen molar-refractivity contribution in [3.63, 3.8) is 0 Å². The highest BCUT2D eigenvalue weighted by Crippen LogP contribution is 2.29. The molecule has 2 heterocycles. The number of benzene rings is 2. The minimum absolute atomic E-state index is 0.0720. The predicted molar refractivity (Wildman–Crippen MR) is 123 cm³/mol. The smallest absolute Gasteiger partial charge is 0.161 e. The van der Waals surface area contributed by atoms with Crippen LogP contribution in [-0.4, -0.2) is 41.0 Å². The summed E-state index contributed by atoms with van der Waals surface area (Å²) in [7, 11) is 0. The molecule has 1 fully saturated rings. The molecule has 0 unspecified atom stereocenters. The lowest BCUT2D eigenvalue weighted by Gasteiger charge is -2.32. The number of fused-ring (bicyclic) bond motifs is 1. The number of ether oxygens (including phenoxy) is 1. The molecule has 1 aliphatic rings. The molecule has 0 spiro atoms. The monoisotopic (exact) mass is 444 g/mol. The molecule has 158 valence electrons. The Bertz CT molecular complexity index is 1040. The first kappa shape index (κ1) is 21.2. The molecule has 0 bridgehead atoms. The number of aromatic nitrogens is 1. The van der Waals surface area contributed by atoms with Crippen molar-refractivity contribution in [3.05, 3.63) is 64.3 Å². The molecule has 4 rings (SSSR count). The summed E-state index contributed by atoms with van der Waals surface area (Å²) in [6.45, 7) is 5.51. The van der Waals surface area contributed by atoms with E-state index >= 15 is 0 Å². The molecule has 0 amide bonds. The lowest BCUT2D eigenvalue weighted by Crippen LogP contribution is -2.38. The standard InChI is InChI=1S/C24H26Cl2N2O2/c1-17(29)22-16-28(24-21(22)7-3-8-23(24)26)12-4-11-27-13-9-19(10-14-27)30-20-6-2-5-18(25)15-20/h2-3,5-8,15-16,19H,4,9-14H2,1H3. The molecular formula is C24H26Cl2N2O2. The van der Waals surface area contributed by atoms with Crippen LogP contribution in [0.2, 0.25) is 10.0 Å². The van der Waals surface area contributed by atoms with E-state index in [0.29, 0.717) is 10.0 Å². The fourth-order valence-corrected chi connectivity index (χ4v) is 4.68. The van der Waals surface area contributed by atoms with Gasteiger partial charge in [0.2, 0.25) is 0 Å². The zero-order valence-electron chi connectivity index (χ0n) is 17.1. The number of likely N-dealkylation sites (tertiary alicyclic amines) is 1. The van der Waals surface area contributed by atoms with Crippen molar-refractivity contribution in [1.82, 2.24) is 9.47 Å². The number of hydrogen-bond donors (Lipinski definition) is 0. The highest BCUT2D eigenvalue weighted by Gasteiger charge is 2.21. The van der Waals surface area contributed by atoms with Crippen LogP contribution >= 0.6 is 23.2 Å². The number of halogens is 2. The molecule has 0 radical (unpaired) electrons. The zero-order chi connectivity index (χ0) is 21.1. The Morgan fingerprint density at radius 2 is 1.87 bits per heavy atom. The summed E-state index contributed by atoms with van der Waals surface area (Å²) in [6.07, 6.45) is 5.22. The van der Waals surface area contributed by atoms with Gasteiger partial charge in [-0.3, -0.25) is 4.79 Å². The van der Waals surface area contributed by atoms with E-state index in [9.17, 15) is 4.79 Å². The minimum Gasteiger partial charge on any atom is -0.490 e. The third-order valence-corrected chi connectivity index (χ3v) is 6.28.